The van der Waals surface area contributed by atoms with Crippen molar-refractivity contribution in [1.29, 1.82) is 5.26 Å². The molecule has 4 heteroatoms. The molecule has 0 aliphatic heterocycles. The Hall–Kier alpha value is -1.47. The standard InChI is InChI=1S/C13H16N2OS/c1-3-10(2)15-13(16)11-6-4-5-7-12(11)17-9-8-14/h4-7,10H,3,9H2,1-2H3,(H,15,16). The summed E-state index contributed by atoms with van der Waals surface area (Å²) in [5.74, 6) is 0.286. The molecule has 1 aromatic carbocycles. The molecule has 0 bridgehead atoms. The van der Waals surface area contributed by atoms with Crippen molar-refractivity contribution < 1.29 is 4.79 Å². The van der Waals surface area contributed by atoms with Crippen molar-refractivity contribution in [3.8, 4) is 6.07 Å². The van der Waals surface area contributed by atoms with Crippen LogP contribution < -0.4 is 5.32 Å². The Labute approximate surface area is 106 Å². The number of hydrogen-bond acceptors (Lipinski definition) is 3. The zero-order valence-electron chi connectivity index (χ0n) is 10.1. The maximum absolute atomic E-state index is 12.0. The monoisotopic (exact) mass is 248 g/mol. The lowest BCUT2D eigenvalue weighted by atomic mass is 10.2. The fourth-order valence-corrected chi connectivity index (χ4v) is 2.00. The second kappa shape index (κ2) is 6.97. The highest BCUT2D eigenvalue weighted by molar-refractivity contribution is 7.99. The molecule has 0 saturated carbocycles. The number of benzene rings is 1. The van der Waals surface area contributed by atoms with Crippen LogP contribution in [0.25, 0.3) is 0 Å². The second-order valence-corrected chi connectivity index (χ2v) is 4.74. The minimum Gasteiger partial charge on any atom is -0.350 e. The van der Waals surface area contributed by atoms with Gasteiger partial charge < -0.3 is 5.32 Å². The Kier molecular flexibility index (Phi) is 5.58. The van der Waals surface area contributed by atoms with E-state index in [1.807, 2.05) is 32.0 Å². The second-order valence-electron chi connectivity index (χ2n) is 3.73. The molecular formula is C13H16N2OS. The summed E-state index contributed by atoms with van der Waals surface area (Å²) in [5, 5.41) is 11.5. The average molecular weight is 248 g/mol. The molecule has 0 heterocycles. The van der Waals surface area contributed by atoms with Crippen LogP contribution in [-0.4, -0.2) is 17.7 Å². The van der Waals surface area contributed by atoms with Crippen LogP contribution in [0.1, 0.15) is 30.6 Å². The molecule has 0 radical (unpaired) electrons. The van der Waals surface area contributed by atoms with E-state index in [0.717, 1.165) is 11.3 Å². The third-order valence-electron chi connectivity index (χ3n) is 2.41. The molecule has 1 atom stereocenters. The first kappa shape index (κ1) is 13.6. The first-order valence-electron chi connectivity index (χ1n) is 5.58. The lowest BCUT2D eigenvalue weighted by Crippen LogP contribution is -2.32. The van der Waals surface area contributed by atoms with Gasteiger partial charge in [-0.15, -0.1) is 11.8 Å². The Morgan fingerprint density at radius 1 is 1.53 bits per heavy atom. The molecule has 17 heavy (non-hydrogen) atoms. The van der Waals surface area contributed by atoms with Gasteiger partial charge >= 0.3 is 0 Å². The Bertz CT molecular complexity index is 426. The topological polar surface area (TPSA) is 52.9 Å². The predicted molar refractivity (Wildman–Crippen MR) is 70.0 cm³/mol. The summed E-state index contributed by atoms with van der Waals surface area (Å²) in [7, 11) is 0. The van der Waals surface area contributed by atoms with E-state index in [4.69, 9.17) is 5.26 Å². The number of hydrogen-bond donors (Lipinski definition) is 1. The zero-order chi connectivity index (χ0) is 12.7. The van der Waals surface area contributed by atoms with Crippen molar-refractivity contribution in [2.24, 2.45) is 0 Å². The lowest BCUT2D eigenvalue weighted by molar-refractivity contribution is 0.0936. The first-order chi connectivity index (χ1) is 8.19. The SMILES string of the molecule is CCC(C)NC(=O)c1ccccc1SCC#N. The van der Waals surface area contributed by atoms with Crippen LogP contribution in [0.3, 0.4) is 0 Å². The Morgan fingerprint density at radius 3 is 2.88 bits per heavy atom. The summed E-state index contributed by atoms with van der Waals surface area (Å²) in [6.45, 7) is 4.00. The van der Waals surface area contributed by atoms with E-state index in [1.165, 1.54) is 11.8 Å². The number of nitrogens with zero attached hydrogens (tertiary/aromatic N) is 1. The fourth-order valence-electron chi connectivity index (χ4n) is 1.29. The van der Waals surface area contributed by atoms with Crippen LogP contribution in [0.4, 0.5) is 0 Å². The van der Waals surface area contributed by atoms with E-state index in [0.29, 0.717) is 11.3 Å². The summed E-state index contributed by atoms with van der Waals surface area (Å²) in [4.78, 5) is 12.8. The van der Waals surface area contributed by atoms with Crippen LogP contribution in [0.15, 0.2) is 29.2 Å². The maximum atomic E-state index is 12.0. The number of carbonyl (C=O) groups is 1. The van der Waals surface area contributed by atoms with E-state index in [2.05, 4.69) is 11.4 Å². The van der Waals surface area contributed by atoms with Crippen LogP contribution in [0.5, 0.6) is 0 Å². The van der Waals surface area contributed by atoms with Gasteiger partial charge in [-0.3, -0.25) is 4.79 Å². The molecular weight excluding hydrogens is 232 g/mol. The quantitative estimate of drug-likeness (QED) is 0.815. The molecule has 0 fully saturated rings. The molecule has 0 aliphatic carbocycles. The van der Waals surface area contributed by atoms with Gasteiger partial charge in [0.1, 0.15) is 0 Å². The zero-order valence-corrected chi connectivity index (χ0v) is 10.9. The minimum absolute atomic E-state index is 0.0691. The van der Waals surface area contributed by atoms with Gasteiger partial charge in [0.25, 0.3) is 5.91 Å². The Morgan fingerprint density at radius 2 is 2.24 bits per heavy atom. The van der Waals surface area contributed by atoms with E-state index in [1.54, 1.807) is 6.07 Å². The summed E-state index contributed by atoms with van der Waals surface area (Å²) in [6.07, 6.45) is 0.902. The summed E-state index contributed by atoms with van der Waals surface area (Å²) in [5.41, 5.74) is 0.646. The van der Waals surface area contributed by atoms with Gasteiger partial charge in [-0.25, -0.2) is 0 Å². The fraction of sp³-hybridized carbons (Fsp3) is 0.385. The van der Waals surface area contributed by atoms with Crippen molar-refractivity contribution in [3.05, 3.63) is 29.8 Å². The van der Waals surface area contributed by atoms with Gasteiger partial charge in [-0.2, -0.15) is 5.26 Å². The van der Waals surface area contributed by atoms with Crippen molar-refractivity contribution >= 4 is 17.7 Å². The van der Waals surface area contributed by atoms with Gasteiger partial charge in [0.2, 0.25) is 0 Å². The average Bonchev–Trinajstić information content (AvgIpc) is 2.36. The molecule has 1 unspecified atom stereocenters. The lowest BCUT2D eigenvalue weighted by Gasteiger charge is -2.13. The summed E-state index contributed by atoms with van der Waals surface area (Å²) in [6, 6.07) is 9.60. The number of carbonyl (C=O) groups excluding carboxylic acids is 1. The van der Waals surface area contributed by atoms with E-state index < -0.39 is 0 Å². The molecule has 3 nitrogen and oxygen atoms in total. The molecule has 90 valence electrons. The molecule has 0 spiro atoms. The molecule has 0 saturated heterocycles. The van der Waals surface area contributed by atoms with Crippen molar-refractivity contribution in [2.45, 2.75) is 31.2 Å². The normalized spacial score (nSPS) is 11.6. The van der Waals surface area contributed by atoms with Crippen molar-refractivity contribution in [3.63, 3.8) is 0 Å². The number of rotatable bonds is 5. The molecule has 1 aromatic rings. The van der Waals surface area contributed by atoms with E-state index >= 15 is 0 Å². The number of amides is 1. The Balaban J connectivity index is 2.82. The summed E-state index contributed by atoms with van der Waals surface area (Å²) < 4.78 is 0. The van der Waals surface area contributed by atoms with Gasteiger partial charge in [0.05, 0.1) is 17.4 Å². The summed E-state index contributed by atoms with van der Waals surface area (Å²) >= 11 is 1.39. The van der Waals surface area contributed by atoms with E-state index in [-0.39, 0.29) is 11.9 Å². The van der Waals surface area contributed by atoms with Gasteiger partial charge in [0, 0.05) is 10.9 Å². The predicted octanol–water partition coefficient (Wildman–Crippen LogP) is 2.83. The van der Waals surface area contributed by atoms with Gasteiger partial charge in [0.15, 0.2) is 0 Å². The maximum Gasteiger partial charge on any atom is 0.252 e. The van der Waals surface area contributed by atoms with Crippen LogP contribution in [0, 0.1) is 11.3 Å². The molecule has 1 amide bonds. The molecule has 0 aliphatic rings. The van der Waals surface area contributed by atoms with Gasteiger partial charge in [-0.1, -0.05) is 19.1 Å². The number of nitriles is 1. The van der Waals surface area contributed by atoms with Crippen LogP contribution in [0.2, 0.25) is 0 Å². The molecule has 1 rings (SSSR count). The molecule has 1 N–H and O–H groups in total. The van der Waals surface area contributed by atoms with E-state index in [9.17, 15) is 4.79 Å². The highest BCUT2D eigenvalue weighted by atomic mass is 32.2. The number of nitrogens with one attached hydrogen (secondary N) is 1. The van der Waals surface area contributed by atoms with Gasteiger partial charge in [-0.05, 0) is 25.5 Å². The third kappa shape index (κ3) is 4.12. The first-order valence-corrected chi connectivity index (χ1v) is 6.57. The molecule has 0 aromatic heterocycles. The minimum atomic E-state index is -0.0691. The van der Waals surface area contributed by atoms with Crippen molar-refractivity contribution in [2.75, 3.05) is 5.75 Å². The van der Waals surface area contributed by atoms with Crippen LogP contribution >= 0.6 is 11.8 Å². The highest BCUT2D eigenvalue weighted by Gasteiger charge is 2.12. The van der Waals surface area contributed by atoms with Crippen LogP contribution in [-0.2, 0) is 0 Å². The van der Waals surface area contributed by atoms with Crippen molar-refractivity contribution in [1.82, 2.24) is 5.32 Å². The smallest absolute Gasteiger partial charge is 0.252 e. The number of thioether (sulfide) groups is 1. The largest absolute Gasteiger partial charge is 0.350 e. The highest BCUT2D eigenvalue weighted by Crippen LogP contribution is 2.22. The third-order valence-corrected chi connectivity index (χ3v) is 3.35.